The highest BCUT2D eigenvalue weighted by molar-refractivity contribution is 7.90. The van der Waals surface area contributed by atoms with Crippen molar-refractivity contribution in [3.8, 4) is 0 Å². The molecule has 0 aliphatic rings. The van der Waals surface area contributed by atoms with Crippen LogP contribution in [0.3, 0.4) is 0 Å². The van der Waals surface area contributed by atoms with Gasteiger partial charge < -0.3 is 5.11 Å². The summed E-state index contributed by atoms with van der Waals surface area (Å²) >= 11 is 0. The zero-order valence-corrected chi connectivity index (χ0v) is 13.0. The van der Waals surface area contributed by atoms with Gasteiger partial charge >= 0.3 is 10.2 Å². The molecular formula is C14H24N2O3S. The van der Waals surface area contributed by atoms with Gasteiger partial charge in [0, 0.05) is 26.7 Å². The number of aliphatic hydroxyl groups is 1. The number of hydrogen-bond acceptors (Lipinski definition) is 3. The Balaban J connectivity index is 2.97. The molecule has 114 valence electrons. The normalized spacial score (nSPS) is 11.8. The Labute approximate surface area is 122 Å². The van der Waals surface area contributed by atoms with Gasteiger partial charge in [-0.2, -0.15) is 12.7 Å². The molecule has 0 heterocycles. The highest BCUT2D eigenvalue weighted by atomic mass is 32.2. The third kappa shape index (κ3) is 4.47. The molecule has 0 fully saturated rings. The SMILES string of the molecule is CCCCN(c1ccccc1)S(=O)(=O)N(C)CCCO. The van der Waals surface area contributed by atoms with Crippen molar-refractivity contribution in [2.75, 3.05) is 31.0 Å². The molecule has 0 aromatic heterocycles. The van der Waals surface area contributed by atoms with Gasteiger partial charge in [-0.05, 0) is 25.0 Å². The maximum atomic E-state index is 12.6. The highest BCUT2D eigenvalue weighted by Gasteiger charge is 2.26. The fraction of sp³-hybridized carbons (Fsp3) is 0.571. The minimum atomic E-state index is -3.54. The quantitative estimate of drug-likeness (QED) is 0.757. The first-order valence-electron chi connectivity index (χ1n) is 6.94. The van der Waals surface area contributed by atoms with Crippen LogP contribution in [-0.4, -0.2) is 44.6 Å². The van der Waals surface area contributed by atoms with Gasteiger partial charge in [0.1, 0.15) is 0 Å². The zero-order chi connectivity index (χ0) is 15.0. The van der Waals surface area contributed by atoms with Crippen LogP contribution in [0.25, 0.3) is 0 Å². The van der Waals surface area contributed by atoms with E-state index in [9.17, 15) is 8.42 Å². The van der Waals surface area contributed by atoms with Crippen LogP contribution in [0, 0.1) is 0 Å². The largest absolute Gasteiger partial charge is 0.396 e. The topological polar surface area (TPSA) is 60.9 Å². The minimum Gasteiger partial charge on any atom is -0.396 e. The van der Waals surface area contributed by atoms with Crippen molar-refractivity contribution in [3.63, 3.8) is 0 Å². The van der Waals surface area contributed by atoms with E-state index >= 15 is 0 Å². The molecule has 0 saturated carbocycles. The standard InChI is InChI=1S/C14H24N2O3S/c1-3-4-12-16(14-9-6-5-7-10-14)20(18,19)15(2)11-8-13-17/h5-7,9-10,17H,3-4,8,11-13H2,1-2H3. The summed E-state index contributed by atoms with van der Waals surface area (Å²) in [5.41, 5.74) is 0.678. The monoisotopic (exact) mass is 300 g/mol. The summed E-state index contributed by atoms with van der Waals surface area (Å²) in [5.74, 6) is 0. The molecule has 0 atom stereocenters. The summed E-state index contributed by atoms with van der Waals surface area (Å²) in [7, 11) is -1.99. The molecule has 0 aliphatic heterocycles. The van der Waals surface area contributed by atoms with Gasteiger partial charge in [0.05, 0.1) is 5.69 Å². The summed E-state index contributed by atoms with van der Waals surface area (Å²) in [4.78, 5) is 0. The van der Waals surface area contributed by atoms with Gasteiger partial charge in [-0.15, -0.1) is 0 Å². The van der Waals surface area contributed by atoms with E-state index in [2.05, 4.69) is 0 Å². The molecule has 1 rings (SSSR count). The minimum absolute atomic E-state index is 0.0137. The fourth-order valence-corrected chi connectivity index (χ4v) is 3.29. The summed E-state index contributed by atoms with van der Waals surface area (Å²) in [6.07, 6.45) is 2.17. The van der Waals surface area contributed by atoms with E-state index in [-0.39, 0.29) is 6.61 Å². The van der Waals surface area contributed by atoms with Gasteiger partial charge in [0.25, 0.3) is 0 Å². The molecule has 0 saturated heterocycles. The molecule has 0 radical (unpaired) electrons. The van der Waals surface area contributed by atoms with Crippen molar-refractivity contribution in [3.05, 3.63) is 30.3 Å². The van der Waals surface area contributed by atoms with Crippen molar-refractivity contribution in [1.29, 1.82) is 0 Å². The third-order valence-corrected chi connectivity index (χ3v) is 4.98. The first kappa shape index (κ1) is 16.9. The molecule has 6 heteroatoms. The van der Waals surface area contributed by atoms with Crippen molar-refractivity contribution in [2.45, 2.75) is 26.2 Å². The molecule has 0 aliphatic carbocycles. The van der Waals surface area contributed by atoms with Crippen LogP contribution in [0.5, 0.6) is 0 Å². The van der Waals surface area contributed by atoms with E-state index in [1.165, 1.54) is 8.61 Å². The smallest absolute Gasteiger partial charge is 0.303 e. The van der Waals surface area contributed by atoms with Gasteiger partial charge in [-0.1, -0.05) is 31.5 Å². The molecule has 0 bridgehead atoms. The van der Waals surface area contributed by atoms with Crippen LogP contribution < -0.4 is 4.31 Å². The number of rotatable bonds is 9. The Bertz CT molecular complexity index is 476. The van der Waals surface area contributed by atoms with Gasteiger partial charge in [0.15, 0.2) is 0 Å². The summed E-state index contributed by atoms with van der Waals surface area (Å²) in [6.45, 7) is 2.80. The second-order valence-corrected chi connectivity index (χ2v) is 6.63. The van der Waals surface area contributed by atoms with Crippen molar-refractivity contribution in [1.82, 2.24) is 4.31 Å². The van der Waals surface area contributed by atoms with Gasteiger partial charge in [-0.3, -0.25) is 4.31 Å². The Morgan fingerprint density at radius 2 is 1.75 bits per heavy atom. The molecule has 0 amide bonds. The lowest BCUT2D eigenvalue weighted by Crippen LogP contribution is -2.43. The molecule has 1 aromatic carbocycles. The first-order chi connectivity index (χ1) is 9.54. The number of nitrogens with zero attached hydrogens (tertiary/aromatic N) is 2. The Kier molecular flexibility index (Phi) is 6.98. The number of benzene rings is 1. The van der Waals surface area contributed by atoms with E-state index in [0.29, 0.717) is 25.2 Å². The predicted octanol–water partition coefficient (Wildman–Crippen LogP) is 1.85. The summed E-state index contributed by atoms with van der Waals surface area (Å²) in [5, 5.41) is 8.84. The Morgan fingerprint density at radius 3 is 2.30 bits per heavy atom. The Morgan fingerprint density at radius 1 is 1.10 bits per heavy atom. The number of aliphatic hydroxyl groups excluding tert-OH is 1. The first-order valence-corrected chi connectivity index (χ1v) is 8.33. The summed E-state index contributed by atoms with van der Waals surface area (Å²) < 4.78 is 28.0. The lowest BCUT2D eigenvalue weighted by Gasteiger charge is -2.29. The maximum Gasteiger partial charge on any atom is 0.303 e. The van der Waals surface area contributed by atoms with Gasteiger partial charge in [-0.25, -0.2) is 0 Å². The van der Waals surface area contributed by atoms with E-state index in [0.717, 1.165) is 12.8 Å². The second kappa shape index (κ2) is 8.24. The van der Waals surface area contributed by atoms with E-state index in [1.807, 2.05) is 25.1 Å². The van der Waals surface area contributed by atoms with Crippen molar-refractivity contribution < 1.29 is 13.5 Å². The van der Waals surface area contributed by atoms with Gasteiger partial charge in [0.2, 0.25) is 0 Å². The van der Waals surface area contributed by atoms with Crippen LogP contribution in [0.4, 0.5) is 5.69 Å². The molecule has 0 spiro atoms. The van der Waals surface area contributed by atoms with Crippen molar-refractivity contribution in [2.24, 2.45) is 0 Å². The molecule has 5 nitrogen and oxygen atoms in total. The van der Waals surface area contributed by atoms with Crippen LogP contribution in [0.1, 0.15) is 26.2 Å². The van der Waals surface area contributed by atoms with E-state index in [4.69, 9.17) is 5.11 Å². The number of hydrogen-bond donors (Lipinski definition) is 1. The predicted molar refractivity (Wildman–Crippen MR) is 81.9 cm³/mol. The van der Waals surface area contributed by atoms with Crippen molar-refractivity contribution >= 4 is 15.9 Å². The maximum absolute atomic E-state index is 12.6. The lowest BCUT2D eigenvalue weighted by molar-refractivity contribution is 0.275. The molecule has 20 heavy (non-hydrogen) atoms. The van der Waals surface area contributed by atoms with Crippen LogP contribution >= 0.6 is 0 Å². The number of unbranched alkanes of at least 4 members (excludes halogenated alkanes) is 1. The number of anilines is 1. The van der Waals surface area contributed by atoms with Crippen LogP contribution in [0.2, 0.25) is 0 Å². The molecule has 0 unspecified atom stereocenters. The van der Waals surface area contributed by atoms with E-state index in [1.54, 1.807) is 19.2 Å². The second-order valence-electron chi connectivity index (χ2n) is 4.67. The average Bonchev–Trinajstić information content (AvgIpc) is 2.46. The lowest BCUT2D eigenvalue weighted by atomic mass is 10.3. The average molecular weight is 300 g/mol. The Hall–Kier alpha value is -1.11. The fourth-order valence-electron chi connectivity index (χ4n) is 1.85. The van der Waals surface area contributed by atoms with Crippen LogP contribution in [0.15, 0.2) is 30.3 Å². The third-order valence-electron chi connectivity index (χ3n) is 3.06. The molecule has 1 N–H and O–H groups in total. The number of para-hydroxylation sites is 1. The van der Waals surface area contributed by atoms with Crippen LogP contribution in [-0.2, 0) is 10.2 Å². The summed E-state index contributed by atoms with van der Waals surface area (Å²) in [6, 6.07) is 9.12. The highest BCUT2D eigenvalue weighted by Crippen LogP contribution is 2.20. The molecule has 1 aromatic rings. The zero-order valence-electron chi connectivity index (χ0n) is 12.2. The van der Waals surface area contributed by atoms with E-state index < -0.39 is 10.2 Å². The molecular weight excluding hydrogens is 276 g/mol.